The van der Waals surface area contributed by atoms with E-state index in [4.69, 9.17) is 11.6 Å². The van der Waals surface area contributed by atoms with Gasteiger partial charge in [0.05, 0.1) is 5.97 Å². The molecule has 15 heavy (non-hydrogen) atoms. The molecule has 0 N–H and O–H groups in total. The number of carbonyl (C=O) groups excluding carboxylic acids is 1. The minimum atomic E-state index is -1.13. The number of benzene rings is 1. The van der Waals surface area contributed by atoms with Gasteiger partial charge < -0.3 is 9.90 Å². The molecule has 0 radical (unpaired) electrons. The van der Waals surface area contributed by atoms with Gasteiger partial charge in [-0.25, -0.2) is 0 Å². The van der Waals surface area contributed by atoms with Crippen LogP contribution in [0.4, 0.5) is 0 Å². The monoisotopic (exact) mass is 248 g/mol. The molecule has 0 bridgehead atoms. The van der Waals surface area contributed by atoms with Crippen LogP contribution in [-0.2, 0) is 0 Å². The van der Waals surface area contributed by atoms with Gasteiger partial charge in [-0.3, -0.25) is 0 Å². The maximum atomic E-state index is 10.8. The van der Waals surface area contributed by atoms with Crippen LogP contribution in [0.3, 0.4) is 0 Å². The molecule has 1 saturated carbocycles. The van der Waals surface area contributed by atoms with Crippen LogP contribution in [0.15, 0.2) is 18.2 Å². The molecular formula is C11H10ClKO2. The van der Waals surface area contributed by atoms with Gasteiger partial charge in [0.2, 0.25) is 0 Å². The molecule has 2 rings (SSSR count). The van der Waals surface area contributed by atoms with Gasteiger partial charge in [-0.1, -0.05) is 24.1 Å². The fourth-order valence-corrected chi connectivity index (χ4v) is 1.95. The molecule has 0 saturated heterocycles. The van der Waals surface area contributed by atoms with Crippen molar-refractivity contribution >= 4 is 17.6 Å². The molecule has 74 valence electrons. The Morgan fingerprint density at radius 1 is 1.40 bits per heavy atom. The third-order valence-electron chi connectivity index (χ3n) is 2.78. The summed E-state index contributed by atoms with van der Waals surface area (Å²) in [7, 11) is 0. The first-order chi connectivity index (χ1) is 6.68. The van der Waals surface area contributed by atoms with Gasteiger partial charge in [0.15, 0.2) is 0 Å². The molecule has 0 aromatic heterocycles. The molecule has 0 aliphatic heterocycles. The minimum Gasteiger partial charge on any atom is -0.545 e. The number of hydrogen-bond donors (Lipinski definition) is 0. The third kappa shape index (κ3) is 3.05. The van der Waals surface area contributed by atoms with Crippen LogP contribution < -0.4 is 56.5 Å². The van der Waals surface area contributed by atoms with E-state index < -0.39 is 5.97 Å². The zero-order valence-corrected chi connectivity index (χ0v) is 12.5. The van der Waals surface area contributed by atoms with Gasteiger partial charge >= 0.3 is 51.4 Å². The number of hydrogen-bond acceptors (Lipinski definition) is 2. The van der Waals surface area contributed by atoms with Gasteiger partial charge in [-0.15, -0.1) is 0 Å². The zero-order valence-electron chi connectivity index (χ0n) is 8.63. The quantitative estimate of drug-likeness (QED) is 0.629. The van der Waals surface area contributed by atoms with Crippen LogP contribution >= 0.6 is 11.6 Å². The Bertz CT molecular complexity index is 375. The van der Waals surface area contributed by atoms with Crippen LogP contribution in [0, 0.1) is 0 Å². The number of carboxylic acids is 1. The molecule has 1 aliphatic carbocycles. The fourth-order valence-electron chi connectivity index (χ4n) is 1.78. The van der Waals surface area contributed by atoms with E-state index in [2.05, 4.69) is 0 Å². The van der Waals surface area contributed by atoms with E-state index in [0.717, 1.165) is 18.4 Å². The van der Waals surface area contributed by atoms with Crippen LogP contribution in [0.5, 0.6) is 0 Å². The Morgan fingerprint density at radius 3 is 2.53 bits per heavy atom. The first-order valence-electron chi connectivity index (χ1n) is 4.69. The van der Waals surface area contributed by atoms with Gasteiger partial charge in [0.1, 0.15) is 0 Å². The van der Waals surface area contributed by atoms with Crippen LogP contribution in [0.1, 0.15) is 41.1 Å². The average molecular weight is 249 g/mol. The van der Waals surface area contributed by atoms with Crippen molar-refractivity contribution in [2.75, 3.05) is 0 Å². The summed E-state index contributed by atoms with van der Waals surface area (Å²) in [6, 6.07) is 5.02. The van der Waals surface area contributed by atoms with E-state index in [9.17, 15) is 9.90 Å². The summed E-state index contributed by atoms with van der Waals surface area (Å²) in [5, 5.41) is 11.3. The van der Waals surface area contributed by atoms with E-state index in [-0.39, 0.29) is 56.9 Å². The Hall–Kier alpha value is 0.616. The summed E-state index contributed by atoms with van der Waals surface area (Å²) in [4.78, 5) is 10.8. The van der Waals surface area contributed by atoms with Crippen LogP contribution in [0.25, 0.3) is 0 Å². The molecule has 0 amide bonds. The molecule has 2 nitrogen and oxygen atoms in total. The van der Waals surface area contributed by atoms with E-state index >= 15 is 0 Å². The van der Waals surface area contributed by atoms with E-state index in [1.165, 1.54) is 12.5 Å². The Kier molecular flexibility index (Phi) is 5.29. The van der Waals surface area contributed by atoms with Gasteiger partial charge in [-0.05, 0) is 36.5 Å². The number of carbonyl (C=O) groups is 1. The van der Waals surface area contributed by atoms with Crippen molar-refractivity contribution in [3.8, 4) is 0 Å². The van der Waals surface area contributed by atoms with Crippen molar-refractivity contribution < 1.29 is 61.3 Å². The van der Waals surface area contributed by atoms with E-state index in [1.54, 1.807) is 12.1 Å². The molecule has 1 aromatic carbocycles. The second kappa shape index (κ2) is 5.80. The van der Waals surface area contributed by atoms with Crippen molar-refractivity contribution in [3.63, 3.8) is 0 Å². The second-order valence-electron chi connectivity index (χ2n) is 3.65. The number of rotatable bonds is 2. The van der Waals surface area contributed by atoms with Crippen LogP contribution in [0.2, 0.25) is 5.02 Å². The second-order valence-corrected chi connectivity index (χ2v) is 4.08. The summed E-state index contributed by atoms with van der Waals surface area (Å²) in [5.41, 5.74) is 1.13. The average Bonchev–Trinajstić information content (AvgIpc) is 2.04. The first kappa shape index (κ1) is 13.7. The SMILES string of the molecule is O=C([O-])c1cc(Cl)ccc1C1CCC1.[K+]. The van der Waals surface area contributed by atoms with E-state index in [1.807, 2.05) is 0 Å². The molecule has 1 aliphatic rings. The zero-order chi connectivity index (χ0) is 10.1. The van der Waals surface area contributed by atoms with Crippen LogP contribution in [-0.4, -0.2) is 5.97 Å². The summed E-state index contributed by atoms with van der Waals surface area (Å²) >= 11 is 5.74. The van der Waals surface area contributed by atoms with Crippen molar-refractivity contribution in [2.45, 2.75) is 25.2 Å². The summed E-state index contributed by atoms with van der Waals surface area (Å²) in [5.74, 6) is -0.741. The Balaban J connectivity index is 0.00000112. The Labute approximate surface area is 136 Å². The first-order valence-corrected chi connectivity index (χ1v) is 5.07. The maximum Gasteiger partial charge on any atom is 1.00 e. The molecule has 0 unspecified atom stereocenters. The molecule has 0 atom stereocenters. The topological polar surface area (TPSA) is 40.1 Å². The standard InChI is InChI=1S/C11H11ClO2.K/c12-8-4-5-9(7-2-1-3-7)10(6-8)11(13)14;/h4-7H,1-3H2,(H,13,14);/q;+1/p-1. The molecule has 4 heteroatoms. The van der Waals surface area contributed by atoms with Crippen molar-refractivity contribution in [1.29, 1.82) is 0 Å². The predicted octanol–water partition coefficient (Wildman–Crippen LogP) is -1.02. The molecule has 1 fully saturated rings. The van der Waals surface area contributed by atoms with Crippen molar-refractivity contribution in [3.05, 3.63) is 34.3 Å². The predicted molar refractivity (Wildman–Crippen MR) is 52.4 cm³/mol. The molecule has 0 heterocycles. The smallest absolute Gasteiger partial charge is 0.545 e. The summed E-state index contributed by atoms with van der Waals surface area (Å²) < 4.78 is 0. The maximum absolute atomic E-state index is 10.8. The van der Waals surface area contributed by atoms with Gasteiger partial charge in [0.25, 0.3) is 0 Å². The van der Waals surface area contributed by atoms with Gasteiger partial charge in [-0.2, -0.15) is 0 Å². The van der Waals surface area contributed by atoms with Gasteiger partial charge in [0, 0.05) is 10.6 Å². The van der Waals surface area contributed by atoms with E-state index in [0.29, 0.717) is 10.9 Å². The van der Waals surface area contributed by atoms with Crippen molar-refractivity contribution in [2.24, 2.45) is 0 Å². The largest absolute Gasteiger partial charge is 1.00 e. The number of aromatic carboxylic acids is 1. The number of halogens is 1. The molecule has 0 spiro atoms. The summed E-state index contributed by atoms with van der Waals surface area (Å²) in [6.07, 6.45) is 3.32. The number of carboxylic acid groups (broad SMARTS) is 1. The van der Waals surface area contributed by atoms with Crippen molar-refractivity contribution in [1.82, 2.24) is 0 Å². The minimum absolute atomic E-state index is 0. The third-order valence-corrected chi connectivity index (χ3v) is 3.02. The fraction of sp³-hybridized carbons (Fsp3) is 0.364. The Morgan fingerprint density at radius 2 is 2.07 bits per heavy atom. The normalized spacial score (nSPS) is 15.3. The molecule has 1 aromatic rings. The molecular weight excluding hydrogens is 239 g/mol. The summed E-state index contributed by atoms with van der Waals surface area (Å²) in [6.45, 7) is 0.